The molecule has 0 aromatic heterocycles. The fraction of sp³-hybridized carbons (Fsp3) is 0.692. The Bertz CT molecular complexity index is 315. The number of hydrogen-bond donors (Lipinski definition) is 0. The minimum absolute atomic E-state index is 0.0702. The summed E-state index contributed by atoms with van der Waals surface area (Å²) in [7, 11) is 1.34. The van der Waals surface area contributed by atoms with Crippen LogP contribution >= 0.6 is 0 Å². The van der Waals surface area contributed by atoms with E-state index in [1.165, 1.54) is 13.2 Å². The highest BCUT2D eigenvalue weighted by Gasteiger charge is 2.39. The topological polar surface area (TPSA) is 43.4 Å². The van der Waals surface area contributed by atoms with Crippen LogP contribution in [0, 0.1) is 17.3 Å². The van der Waals surface area contributed by atoms with Gasteiger partial charge in [-0.2, -0.15) is 0 Å². The summed E-state index contributed by atoms with van der Waals surface area (Å²) in [5.41, 5.74) is -0.0702. The van der Waals surface area contributed by atoms with Crippen LogP contribution in [0.2, 0.25) is 0 Å². The van der Waals surface area contributed by atoms with Gasteiger partial charge in [0, 0.05) is 18.4 Å². The third kappa shape index (κ3) is 2.94. The average molecular weight is 224 g/mol. The van der Waals surface area contributed by atoms with Gasteiger partial charge in [0.25, 0.3) is 0 Å². The van der Waals surface area contributed by atoms with Gasteiger partial charge in [-0.05, 0) is 17.8 Å². The third-order valence-corrected chi connectivity index (χ3v) is 3.24. The highest BCUT2D eigenvalue weighted by Crippen LogP contribution is 2.41. The van der Waals surface area contributed by atoms with Gasteiger partial charge in [-0.1, -0.05) is 26.8 Å². The highest BCUT2D eigenvalue weighted by atomic mass is 16.5. The third-order valence-electron chi connectivity index (χ3n) is 3.24. The predicted octanol–water partition coefficient (Wildman–Crippen LogP) is 2.36. The number of carbonyl (C=O) groups is 2. The van der Waals surface area contributed by atoms with Crippen molar-refractivity contribution in [1.29, 1.82) is 0 Å². The van der Waals surface area contributed by atoms with Crippen molar-refractivity contribution in [3.8, 4) is 0 Å². The Morgan fingerprint density at radius 3 is 2.62 bits per heavy atom. The number of rotatable bonds is 2. The molecule has 1 aliphatic rings. The number of esters is 1. The first-order chi connectivity index (χ1) is 7.36. The molecule has 2 atom stereocenters. The first-order valence-corrected chi connectivity index (χ1v) is 5.65. The van der Waals surface area contributed by atoms with Crippen molar-refractivity contribution < 1.29 is 14.3 Å². The van der Waals surface area contributed by atoms with Gasteiger partial charge in [-0.25, -0.2) is 4.79 Å². The van der Waals surface area contributed by atoms with Crippen LogP contribution in [-0.4, -0.2) is 18.9 Å². The van der Waals surface area contributed by atoms with E-state index in [2.05, 4.69) is 25.5 Å². The van der Waals surface area contributed by atoms with Crippen LogP contribution < -0.4 is 0 Å². The molecule has 1 aliphatic carbocycles. The molecule has 0 bridgehead atoms. The van der Waals surface area contributed by atoms with Crippen molar-refractivity contribution in [3.63, 3.8) is 0 Å². The monoisotopic (exact) mass is 224 g/mol. The summed E-state index contributed by atoms with van der Waals surface area (Å²) in [5, 5.41) is 0. The summed E-state index contributed by atoms with van der Waals surface area (Å²) in [4.78, 5) is 22.9. The van der Waals surface area contributed by atoms with Gasteiger partial charge >= 0.3 is 5.97 Å². The Morgan fingerprint density at radius 2 is 2.12 bits per heavy atom. The van der Waals surface area contributed by atoms with Gasteiger partial charge in [0.15, 0.2) is 0 Å². The van der Waals surface area contributed by atoms with Gasteiger partial charge in [-0.3, -0.25) is 4.79 Å². The van der Waals surface area contributed by atoms with Gasteiger partial charge < -0.3 is 4.74 Å². The van der Waals surface area contributed by atoms with Crippen molar-refractivity contribution >= 4 is 11.8 Å². The molecule has 0 N–H and O–H groups in total. The van der Waals surface area contributed by atoms with Crippen LogP contribution in [0.3, 0.4) is 0 Å². The number of Topliss-reactive ketones (excluding diaryl/α,β-unsaturated/α-hetero) is 1. The smallest absolute Gasteiger partial charge is 0.330 e. The van der Waals surface area contributed by atoms with Crippen molar-refractivity contribution in [3.05, 3.63) is 12.2 Å². The Morgan fingerprint density at radius 1 is 1.50 bits per heavy atom. The quantitative estimate of drug-likeness (QED) is 0.534. The minimum Gasteiger partial charge on any atom is -0.466 e. The van der Waals surface area contributed by atoms with E-state index >= 15 is 0 Å². The second kappa shape index (κ2) is 4.81. The Hall–Kier alpha value is -1.12. The van der Waals surface area contributed by atoms with Crippen LogP contribution in [0.15, 0.2) is 12.2 Å². The SMILES string of the molecule is COC(=O)/C=C/C1C(=O)CC(C)CC1(C)C. The molecule has 0 spiro atoms. The number of hydrogen-bond acceptors (Lipinski definition) is 3. The molecule has 0 amide bonds. The molecule has 0 radical (unpaired) electrons. The van der Waals surface area contributed by atoms with Crippen LogP contribution in [0.5, 0.6) is 0 Å². The number of carbonyl (C=O) groups excluding carboxylic acids is 2. The van der Waals surface area contributed by atoms with E-state index in [-0.39, 0.29) is 17.1 Å². The zero-order valence-electron chi connectivity index (χ0n) is 10.4. The summed E-state index contributed by atoms with van der Waals surface area (Å²) < 4.78 is 4.53. The molecule has 1 fully saturated rings. The first kappa shape index (κ1) is 12.9. The lowest BCUT2D eigenvalue weighted by molar-refractivity contribution is -0.134. The number of methoxy groups -OCH3 is 1. The van der Waals surface area contributed by atoms with E-state index in [0.717, 1.165) is 6.42 Å². The van der Waals surface area contributed by atoms with Crippen LogP contribution in [0.25, 0.3) is 0 Å². The van der Waals surface area contributed by atoms with Gasteiger partial charge in [0.1, 0.15) is 5.78 Å². The molecule has 0 aromatic rings. The van der Waals surface area contributed by atoms with E-state index in [1.807, 2.05) is 0 Å². The summed E-state index contributed by atoms with van der Waals surface area (Å²) in [6.45, 7) is 6.25. The molecule has 2 unspecified atom stereocenters. The Labute approximate surface area is 96.9 Å². The molecular formula is C13H20O3. The van der Waals surface area contributed by atoms with Crippen LogP contribution in [0.1, 0.15) is 33.6 Å². The Balaban J connectivity index is 2.81. The van der Waals surface area contributed by atoms with Crippen molar-refractivity contribution in [1.82, 2.24) is 0 Å². The highest BCUT2D eigenvalue weighted by molar-refractivity contribution is 5.87. The summed E-state index contributed by atoms with van der Waals surface area (Å²) in [6.07, 6.45) is 4.68. The van der Waals surface area contributed by atoms with Gasteiger partial charge in [-0.15, -0.1) is 0 Å². The second-order valence-corrected chi connectivity index (χ2v) is 5.33. The van der Waals surface area contributed by atoms with Crippen LogP contribution in [0.4, 0.5) is 0 Å². The van der Waals surface area contributed by atoms with Crippen LogP contribution in [-0.2, 0) is 14.3 Å². The lowest BCUT2D eigenvalue weighted by Gasteiger charge is -2.38. The fourth-order valence-corrected chi connectivity index (χ4v) is 2.61. The molecule has 90 valence electrons. The fourth-order valence-electron chi connectivity index (χ4n) is 2.61. The number of allylic oxidation sites excluding steroid dienone is 1. The molecule has 16 heavy (non-hydrogen) atoms. The molecule has 0 saturated heterocycles. The maximum absolute atomic E-state index is 11.9. The van der Waals surface area contributed by atoms with E-state index in [0.29, 0.717) is 12.3 Å². The summed E-state index contributed by atoms with van der Waals surface area (Å²) in [5.74, 6) is 0.0965. The summed E-state index contributed by atoms with van der Waals surface area (Å²) in [6, 6.07) is 0. The lowest BCUT2D eigenvalue weighted by Crippen LogP contribution is -2.37. The normalized spacial score (nSPS) is 29.4. The minimum atomic E-state index is -0.401. The lowest BCUT2D eigenvalue weighted by atomic mass is 9.65. The molecule has 1 rings (SSSR count). The molecule has 0 heterocycles. The van der Waals surface area contributed by atoms with Crippen molar-refractivity contribution in [2.75, 3.05) is 7.11 Å². The van der Waals surface area contributed by atoms with E-state index < -0.39 is 5.97 Å². The standard InChI is InChI=1S/C13H20O3/c1-9-7-11(14)10(13(2,3)8-9)5-6-12(15)16-4/h5-6,9-10H,7-8H2,1-4H3/b6-5+. The van der Waals surface area contributed by atoms with Crippen molar-refractivity contribution in [2.45, 2.75) is 33.6 Å². The zero-order chi connectivity index (χ0) is 12.3. The molecular weight excluding hydrogens is 204 g/mol. The van der Waals surface area contributed by atoms with E-state index in [4.69, 9.17) is 0 Å². The average Bonchev–Trinajstić information content (AvgIpc) is 2.14. The van der Waals surface area contributed by atoms with E-state index in [9.17, 15) is 9.59 Å². The predicted molar refractivity (Wildman–Crippen MR) is 61.8 cm³/mol. The molecule has 3 nitrogen and oxygen atoms in total. The molecule has 3 heteroatoms. The Kier molecular flexibility index (Phi) is 3.89. The summed E-state index contributed by atoms with van der Waals surface area (Å²) >= 11 is 0. The first-order valence-electron chi connectivity index (χ1n) is 5.65. The zero-order valence-corrected chi connectivity index (χ0v) is 10.4. The maximum atomic E-state index is 11.9. The largest absolute Gasteiger partial charge is 0.466 e. The second-order valence-electron chi connectivity index (χ2n) is 5.33. The van der Waals surface area contributed by atoms with Gasteiger partial charge in [0.2, 0.25) is 0 Å². The van der Waals surface area contributed by atoms with E-state index in [1.54, 1.807) is 6.08 Å². The molecule has 0 aromatic carbocycles. The maximum Gasteiger partial charge on any atom is 0.330 e. The number of ketones is 1. The molecule has 0 aliphatic heterocycles. The van der Waals surface area contributed by atoms with Gasteiger partial charge in [0.05, 0.1) is 7.11 Å². The van der Waals surface area contributed by atoms with Crippen molar-refractivity contribution in [2.24, 2.45) is 17.3 Å². The molecule has 1 saturated carbocycles. The number of ether oxygens (including phenoxy) is 1.